The highest BCUT2D eigenvalue weighted by atomic mass is 16.3. The number of aryl methyl sites for hydroxylation is 1. The standard InChI is InChI=1S/C15H23N5O/c1-3-13(21)11-18-6-8-19(9-7-18)15-14-10-12(2)17-20(14)5-4-16-15/h4-5,10,13,21H,3,6-9,11H2,1-2H3. The Bertz CT molecular complexity index is 603. The maximum absolute atomic E-state index is 9.76. The molecule has 1 aliphatic heterocycles. The van der Waals surface area contributed by atoms with E-state index in [4.69, 9.17) is 0 Å². The number of hydrogen-bond donors (Lipinski definition) is 1. The largest absolute Gasteiger partial charge is 0.392 e. The summed E-state index contributed by atoms with van der Waals surface area (Å²) in [5, 5.41) is 14.2. The maximum Gasteiger partial charge on any atom is 0.154 e. The van der Waals surface area contributed by atoms with Crippen LogP contribution in [0.4, 0.5) is 5.82 Å². The Morgan fingerprint density at radius 2 is 2.05 bits per heavy atom. The zero-order chi connectivity index (χ0) is 14.8. The molecule has 0 bridgehead atoms. The number of hydrogen-bond acceptors (Lipinski definition) is 5. The lowest BCUT2D eigenvalue weighted by Gasteiger charge is -2.36. The van der Waals surface area contributed by atoms with Gasteiger partial charge >= 0.3 is 0 Å². The van der Waals surface area contributed by atoms with Crippen LogP contribution >= 0.6 is 0 Å². The van der Waals surface area contributed by atoms with E-state index in [-0.39, 0.29) is 6.10 Å². The van der Waals surface area contributed by atoms with Gasteiger partial charge in [0.2, 0.25) is 0 Å². The molecule has 1 N–H and O–H groups in total. The van der Waals surface area contributed by atoms with Crippen LogP contribution in [0.25, 0.3) is 5.52 Å². The summed E-state index contributed by atoms with van der Waals surface area (Å²) in [6, 6.07) is 2.08. The van der Waals surface area contributed by atoms with Gasteiger partial charge in [0.1, 0.15) is 5.52 Å². The molecular formula is C15H23N5O. The summed E-state index contributed by atoms with van der Waals surface area (Å²) >= 11 is 0. The van der Waals surface area contributed by atoms with E-state index in [1.165, 1.54) is 0 Å². The predicted octanol–water partition coefficient (Wildman–Crippen LogP) is 0.931. The second-order valence-electron chi connectivity index (χ2n) is 5.72. The summed E-state index contributed by atoms with van der Waals surface area (Å²) < 4.78 is 1.89. The third kappa shape index (κ3) is 3.01. The second kappa shape index (κ2) is 5.99. The van der Waals surface area contributed by atoms with Crippen molar-refractivity contribution in [3.05, 3.63) is 24.2 Å². The number of rotatable bonds is 4. The van der Waals surface area contributed by atoms with Crippen molar-refractivity contribution >= 4 is 11.3 Å². The van der Waals surface area contributed by atoms with Gasteiger partial charge in [0.25, 0.3) is 0 Å². The number of aliphatic hydroxyl groups is 1. The Labute approximate surface area is 125 Å². The highest BCUT2D eigenvalue weighted by Gasteiger charge is 2.21. The lowest BCUT2D eigenvalue weighted by molar-refractivity contribution is 0.106. The van der Waals surface area contributed by atoms with Gasteiger partial charge in [-0.15, -0.1) is 0 Å². The number of aliphatic hydroxyl groups excluding tert-OH is 1. The number of fused-ring (bicyclic) bond motifs is 1. The van der Waals surface area contributed by atoms with E-state index in [0.717, 1.165) is 56.2 Å². The van der Waals surface area contributed by atoms with Gasteiger partial charge in [0, 0.05) is 45.1 Å². The van der Waals surface area contributed by atoms with Crippen molar-refractivity contribution in [2.24, 2.45) is 0 Å². The first-order valence-electron chi connectivity index (χ1n) is 7.63. The molecule has 1 aliphatic rings. The molecule has 0 amide bonds. The van der Waals surface area contributed by atoms with Crippen LogP contribution in [0.5, 0.6) is 0 Å². The van der Waals surface area contributed by atoms with Gasteiger partial charge in [-0.05, 0) is 19.4 Å². The van der Waals surface area contributed by atoms with E-state index < -0.39 is 0 Å². The van der Waals surface area contributed by atoms with E-state index in [9.17, 15) is 5.11 Å². The van der Waals surface area contributed by atoms with Crippen molar-refractivity contribution in [3.8, 4) is 0 Å². The van der Waals surface area contributed by atoms with Gasteiger partial charge in [-0.1, -0.05) is 6.92 Å². The van der Waals surface area contributed by atoms with Crippen molar-refractivity contribution in [1.29, 1.82) is 0 Å². The maximum atomic E-state index is 9.76. The molecule has 0 spiro atoms. The fourth-order valence-corrected chi connectivity index (χ4v) is 2.84. The first kappa shape index (κ1) is 14.3. The van der Waals surface area contributed by atoms with Crippen LogP contribution < -0.4 is 4.90 Å². The summed E-state index contributed by atoms with van der Waals surface area (Å²) in [5.74, 6) is 1.01. The fraction of sp³-hybridized carbons (Fsp3) is 0.600. The van der Waals surface area contributed by atoms with Gasteiger partial charge in [0.05, 0.1) is 11.8 Å². The molecule has 0 aromatic carbocycles. The van der Waals surface area contributed by atoms with Crippen molar-refractivity contribution in [2.75, 3.05) is 37.6 Å². The molecule has 1 fully saturated rings. The van der Waals surface area contributed by atoms with E-state index in [0.29, 0.717) is 0 Å². The predicted molar refractivity (Wildman–Crippen MR) is 82.7 cm³/mol. The molecule has 1 unspecified atom stereocenters. The van der Waals surface area contributed by atoms with Crippen molar-refractivity contribution in [2.45, 2.75) is 26.4 Å². The smallest absolute Gasteiger partial charge is 0.154 e. The number of aromatic nitrogens is 3. The molecule has 6 heteroatoms. The molecule has 2 aromatic heterocycles. The van der Waals surface area contributed by atoms with Gasteiger partial charge in [0.15, 0.2) is 5.82 Å². The Balaban J connectivity index is 1.71. The zero-order valence-corrected chi connectivity index (χ0v) is 12.7. The van der Waals surface area contributed by atoms with Crippen LogP contribution in [0.2, 0.25) is 0 Å². The second-order valence-corrected chi connectivity index (χ2v) is 5.72. The summed E-state index contributed by atoms with van der Waals surface area (Å²) in [5.41, 5.74) is 2.07. The van der Waals surface area contributed by atoms with Gasteiger partial charge in [-0.25, -0.2) is 9.50 Å². The lowest BCUT2D eigenvalue weighted by atomic mass is 10.2. The Kier molecular flexibility index (Phi) is 4.07. The lowest BCUT2D eigenvalue weighted by Crippen LogP contribution is -2.48. The minimum Gasteiger partial charge on any atom is -0.392 e. The highest BCUT2D eigenvalue weighted by Crippen LogP contribution is 2.20. The molecule has 3 rings (SSSR count). The quantitative estimate of drug-likeness (QED) is 0.907. The average molecular weight is 289 g/mol. The first-order chi connectivity index (χ1) is 10.2. The van der Waals surface area contributed by atoms with E-state index in [1.807, 2.05) is 30.8 Å². The highest BCUT2D eigenvalue weighted by molar-refractivity contribution is 5.69. The number of β-amino-alcohol motifs (C(OH)–C–C–N with tert-alkyl or cyclic N) is 1. The third-order valence-electron chi connectivity index (χ3n) is 4.10. The van der Waals surface area contributed by atoms with E-state index in [1.54, 1.807) is 0 Å². The normalized spacial score (nSPS) is 18.3. The molecule has 0 aliphatic carbocycles. The summed E-state index contributed by atoms with van der Waals surface area (Å²) in [6.07, 6.45) is 4.30. The van der Waals surface area contributed by atoms with Crippen LogP contribution in [0.15, 0.2) is 18.5 Å². The van der Waals surface area contributed by atoms with Gasteiger partial charge in [-0.3, -0.25) is 4.90 Å². The first-order valence-corrected chi connectivity index (χ1v) is 7.63. The van der Waals surface area contributed by atoms with Crippen LogP contribution in [-0.2, 0) is 0 Å². The van der Waals surface area contributed by atoms with E-state index in [2.05, 4.69) is 25.9 Å². The monoisotopic (exact) mass is 289 g/mol. The molecule has 114 valence electrons. The SMILES string of the molecule is CCC(O)CN1CCN(c2nccn3nc(C)cc23)CC1. The molecule has 3 heterocycles. The minimum absolute atomic E-state index is 0.212. The Hall–Kier alpha value is -1.66. The minimum atomic E-state index is -0.212. The van der Waals surface area contributed by atoms with Crippen molar-refractivity contribution < 1.29 is 5.11 Å². The molecule has 1 atom stereocenters. The number of piperazine rings is 1. The summed E-state index contributed by atoms with van der Waals surface area (Å²) in [6.45, 7) is 8.60. The summed E-state index contributed by atoms with van der Waals surface area (Å²) in [4.78, 5) is 9.18. The number of nitrogens with zero attached hydrogens (tertiary/aromatic N) is 5. The van der Waals surface area contributed by atoms with Crippen LogP contribution in [0.3, 0.4) is 0 Å². The summed E-state index contributed by atoms with van der Waals surface area (Å²) in [7, 11) is 0. The van der Waals surface area contributed by atoms with Crippen LogP contribution in [-0.4, -0.2) is 63.4 Å². The van der Waals surface area contributed by atoms with Crippen LogP contribution in [0.1, 0.15) is 19.0 Å². The molecular weight excluding hydrogens is 266 g/mol. The third-order valence-corrected chi connectivity index (χ3v) is 4.10. The van der Waals surface area contributed by atoms with Crippen LogP contribution in [0, 0.1) is 6.92 Å². The molecule has 0 saturated carbocycles. The zero-order valence-electron chi connectivity index (χ0n) is 12.7. The number of anilines is 1. The Morgan fingerprint density at radius 1 is 1.29 bits per heavy atom. The molecule has 0 radical (unpaired) electrons. The topological polar surface area (TPSA) is 56.9 Å². The molecule has 21 heavy (non-hydrogen) atoms. The molecule has 6 nitrogen and oxygen atoms in total. The Morgan fingerprint density at radius 3 is 2.76 bits per heavy atom. The fourth-order valence-electron chi connectivity index (χ4n) is 2.84. The molecule has 1 saturated heterocycles. The van der Waals surface area contributed by atoms with Crippen molar-refractivity contribution in [3.63, 3.8) is 0 Å². The van der Waals surface area contributed by atoms with Crippen molar-refractivity contribution in [1.82, 2.24) is 19.5 Å². The van der Waals surface area contributed by atoms with Gasteiger partial charge in [-0.2, -0.15) is 5.10 Å². The van der Waals surface area contributed by atoms with E-state index >= 15 is 0 Å². The van der Waals surface area contributed by atoms with Gasteiger partial charge < -0.3 is 10.0 Å². The molecule has 2 aromatic rings. The average Bonchev–Trinajstić information content (AvgIpc) is 2.88.